The Morgan fingerprint density at radius 2 is 1.86 bits per heavy atom. The summed E-state index contributed by atoms with van der Waals surface area (Å²) < 4.78 is 0. The number of Topliss-reactive ketones (excluding diaryl/α,β-unsaturated/α-hetero) is 1. The number of non-ortho nitro benzene ring substituents is 1. The highest BCUT2D eigenvalue weighted by Gasteiger charge is 2.40. The van der Waals surface area contributed by atoms with Gasteiger partial charge in [-0.2, -0.15) is 0 Å². The van der Waals surface area contributed by atoms with Gasteiger partial charge in [-0.15, -0.1) is 0 Å². The maximum atomic E-state index is 12.2. The van der Waals surface area contributed by atoms with Crippen LogP contribution in [-0.2, 0) is 11.2 Å². The summed E-state index contributed by atoms with van der Waals surface area (Å²) in [7, 11) is 0. The van der Waals surface area contributed by atoms with Crippen molar-refractivity contribution in [3.8, 4) is 0 Å². The normalized spacial score (nSPS) is 27.8. The molecule has 1 atom stereocenters. The van der Waals surface area contributed by atoms with Crippen LogP contribution < -0.4 is 0 Å². The van der Waals surface area contributed by atoms with Gasteiger partial charge in [0.1, 0.15) is 0 Å². The predicted molar refractivity (Wildman–Crippen MR) is 79.1 cm³/mol. The molecule has 0 saturated carbocycles. The lowest BCUT2D eigenvalue weighted by Crippen LogP contribution is -2.55. The van der Waals surface area contributed by atoms with Crippen LogP contribution in [0.25, 0.3) is 0 Å². The standard InChI is InChI=1S/C16H20N2O3/c19-16-13-8-10-17(11-9-13)15(16)3-1-2-12-4-6-14(7-5-12)18(20)21/h4-7,13,15H,1-3,8-11H2. The number of fused-ring (bicyclic) bond motifs is 3. The molecule has 0 amide bonds. The Morgan fingerprint density at radius 1 is 1.19 bits per heavy atom. The second-order valence-electron chi connectivity index (χ2n) is 6.04. The lowest BCUT2D eigenvalue weighted by atomic mass is 9.80. The molecule has 2 bridgehead atoms. The van der Waals surface area contributed by atoms with Crippen molar-refractivity contribution in [3.63, 3.8) is 0 Å². The third-order valence-corrected chi connectivity index (χ3v) is 4.79. The summed E-state index contributed by atoms with van der Waals surface area (Å²) in [5, 5.41) is 10.6. The van der Waals surface area contributed by atoms with Gasteiger partial charge in [-0.25, -0.2) is 0 Å². The molecule has 0 radical (unpaired) electrons. The van der Waals surface area contributed by atoms with Crippen LogP contribution in [0.4, 0.5) is 5.69 Å². The molecular formula is C16H20N2O3. The SMILES string of the molecule is O=C1C2CCN(CC2)C1CCCc1ccc([N+](=O)[O-])cc1. The van der Waals surface area contributed by atoms with Crippen molar-refractivity contribution in [2.45, 2.75) is 38.1 Å². The number of hydrogen-bond donors (Lipinski definition) is 0. The molecule has 5 nitrogen and oxygen atoms in total. The van der Waals surface area contributed by atoms with Gasteiger partial charge in [0.15, 0.2) is 5.78 Å². The van der Waals surface area contributed by atoms with Gasteiger partial charge in [-0.3, -0.25) is 19.8 Å². The molecule has 1 unspecified atom stereocenters. The average Bonchev–Trinajstić information content (AvgIpc) is 2.51. The average molecular weight is 288 g/mol. The van der Waals surface area contributed by atoms with Crippen LogP contribution in [0.3, 0.4) is 0 Å². The maximum absolute atomic E-state index is 12.2. The van der Waals surface area contributed by atoms with Crippen LogP contribution in [0.15, 0.2) is 24.3 Å². The molecule has 1 aromatic carbocycles. The highest BCUT2D eigenvalue weighted by Crippen LogP contribution is 2.31. The van der Waals surface area contributed by atoms with E-state index in [0.717, 1.165) is 50.8 Å². The molecular weight excluding hydrogens is 268 g/mol. The van der Waals surface area contributed by atoms with Crippen LogP contribution in [0, 0.1) is 16.0 Å². The molecule has 3 aliphatic rings. The number of carbonyl (C=O) groups is 1. The van der Waals surface area contributed by atoms with E-state index >= 15 is 0 Å². The Bertz CT molecular complexity index is 533. The first kappa shape index (κ1) is 14.2. The summed E-state index contributed by atoms with van der Waals surface area (Å²) in [6.07, 6.45) is 4.82. The fraction of sp³-hybridized carbons (Fsp3) is 0.562. The quantitative estimate of drug-likeness (QED) is 0.617. The predicted octanol–water partition coefficient (Wildman–Crippen LogP) is 2.58. The molecule has 0 aromatic heterocycles. The summed E-state index contributed by atoms with van der Waals surface area (Å²) >= 11 is 0. The molecule has 5 heteroatoms. The first-order valence-corrected chi connectivity index (χ1v) is 7.66. The smallest absolute Gasteiger partial charge is 0.269 e. The molecule has 1 aromatic rings. The lowest BCUT2D eigenvalue weighted by Gasteiger charge is -2.44. The van der Waals surface area contributed by atoms with Crippen molar-refractivity contribution < 1.29 is 9.72 Å². The summed E-state index contributed by atoms with van der Waals surface area (Å²) in [5.41, 5.74) is 1.23. The van der Waals surface area contributed by atoms with Gasteiger partial charge in [0.25, 0.3) is 5.69 Å². The Labute approximate surface area is 124 Å². The Balaban J connectivity index is 1.52. The first-order chi connectivity index (χ1) is 10.1. The molecule has 21 heavy (non-hydrogen) atoms. The monoisotopic (exact) mass is 288 g/mol. The number of nitro groups is 1. The van der Waals surface area contributed by atoms with Crippen LogP contribution in [0.1, 0.15) is 31.2 Å². The molecule has 112 valence electrons. The number of aryl methyl sites for hydroxylation is 1. The van der Waals surface area contributed by atoms with Gasteiger partial charge in [0.2, 0.25) is 0 Å². The Hall–Kier alpha value is -1.75. The van der Waals surface area contributed by atoms with E-state index in [4.69, 9.17) is 0 Å². The molecule has 3 fully saturated rings. The van der Waals surface area contributed by atoms with Crippen LogP contribution >= 0.6 is 0 Å². The number of ketones is 1. The molecule has 0 aliphatic carbocycles. The number of carbonyl (C=O) groups excluding carboxylic acids is 1. The Kier molecular flexibility index (Phi) is 4.01. The van der Waals surface area contributed by atoms with Gasteiger partial charge in [0, 0.05) is 18.1 Å². The summed E-state index contributed by atoms with van der Waals surface area (Å²) in [6.45, 7) is 2.14. The number of hydrogen-bond acceptors (Lipinski definition) is 4. The summed E-state index contributed by atoms with van der Waals surface area (Å²) in [4.78, 5) is 24.8. The van der Waals surface area contributed by atoms with Crippen molar-refractivity contribution >= 4 is 11.5 Å². The van der Waals surface area contributed by atoms with Crippen molar-refractivity contribution in [1.29, 1.82) is 0 Å². The van der Waals surface area contributed by atoms with Crippen LogP contribution in [0.5, 0.6) is 0 Å². The molecule has 4 rings (SSSR count). The van der Waals surface area contributed by atoms with Crippen LogP contribution in [-0.4, -0.2) is 34.7 Å². The van der Waals surface area contributed by atoms with E-state index in [9.17, 15) is 14.9 Å². The number of benzene rings is 1. The van der Waals surface area contributed by atoms with E-state index in [-0.39, 0.29) is 16.7 Å². The number of nitro benzene ring substituents is 1. The van der Waals surface area contributed by atoms with Gasteiger partial charge in [0.05, 0.1) is 11.0 Å². The minimum absolute atomic E-state index is 0.121. The zero-order valence-electron chi connectivity index (χ0n) is 12.0. The maximum Gasteiger partial charge on any atom is 0.269 e. The molecule has 0 N–H and O–H groups in total. The minimum atomic E-state index is -0.380. The minimum Gasteiger partial charge on any atom is -0.298 e. The summed E-state index contributed by atoms with van der Waals surface area (Å²) in [5.74, 6) is 0.746. The molecule has 0 spiro atoms. The van der Waals surface area contributed by atoms with E-state index in [1.54, 1.807) is 12.1 Å². The van der Waals surface area contributed by atoms with Crippen molar-refractivity contribution in [1.82, 2.24) is 4.90 Å². The summed E-state index contributed by atoms with van der Waals surface area (Å²) in [6, 6.07) is 6.84. The lowest BCUT2D eigenvalue weighted by molar-refractivity contribution is -0.384. The number of piperidine rings is 3. The molecule has 3 aliphatic heterocycles. The topological polar surface area (TPSA) is 63.5 Å². The Morgan fingerprint density at radius 3 is 2.43 bits per heavy atom. The van der Waals surface area contributed by atoms with Gasteiger partial charge < -0.3 is 0 Å². The van der Waals surface area contributed by atoms with Crippen molar-refractivity contribution in [3.05, 3.63) is 39.9 Å². The number of rotatable bonds is 5. The van der Waals surface area contributed by atoms with E-state index < -0.39 is 0 Å². The second kappa shape index (κ2) is 5.93. The first-order valence-electron chi connectivity index (χ1n) is 7.66. The zero-order valence-corrected chi connectivity index (χ0v) is 12.0. The van der Waals surface area contributed by atoms with E-state index in [2.05, 4.69) is 4.90 Å². The largest absolute Gasteiger partial charge is 0.298 e. The van der Waals surface area contributed by atoms with Gasteiger partial charge in [-0.1, -0.05) is 12.1 Å². The fourth-order valence-corrected chi connectivity index (χ4v) is 3.56. The van der Waals surface area contributed by atoms with Gasteiger partial charge in [-0.05, 0) is 50.8 Å². The van der Waals surface area contributed by atoms with Crippen molar-refractivity contribution in [2.75, 3.05) is 13.1 Å². The van der Waals surface area contributed by atoms with Gasteiger partial charge >= 0.3 is 0 Å². The third-order valence-electron chi connectivity index (χ3n) is 4.79. The second-order valence-corrected chi connectivity index (χ2v) is 6.04. The fourth-order valence-electron chi connectivity index (χ4n) is 3.56. The van der Waals surface area contributed by atoms with E-state index in [0.29, 0.717) is 11.7 Å². The van der Waals surface area contributed by atoms with E-state index in [1.165, 1.54) is 0 Å². The highest BCUT2D eigenvalue weighted by molar-refractivity contribution is 5.87. The number of nitrogens with zero attached hydrogens (tertiary/aromatic N) is 2. The van der Waals surface area contributed by atoms with Crippen LogP contribution in [0.2, 0.25) is 0 Å². The third kappa shape index (κ3) is 2.97. The highest BCUT2D eigenvalue weighted by atomic mass is 16.6. The molecule has 3 heterocycles. The molecule has 3 saturated heterocycles. The zero-order chi connectivity index (χ0) is 14.8. The van der Waals surface area contributed by atoms with E-state index in [1.807, 2.05) is 12.1 Å². The van der Waals surface area contributed by atoms with Crippen molar-refractivity contribution in [2.24, 2.45) is 5.92 Å².